The van der Waals surface area contributed by atoms with Gasteiger partial charge >= 0.3 is 0 Å². The molecular formula is C18H21BrN2. The van der Waals surface area contributed by atoms with E-state index in [4.69, 9.17) is 0 Å². The molecule has 0 radical (unpaired) electrons. The Hall–Kier alpha value is -1.32. The summed E-state index contributed by atoms with van der Waals surface area (Å²) in [6, 6.07) is 18.3. The van der Waals surface area contributed by atoms with Gasteiger partial charge in [-0.3, -0.25) is 4.90 Å². The Kier molecular flexibility index (Phi) is 3.80. The van der Waals surface area contributed by atoms with E-state index in [1.807, 2.05) is 0 Å². The minimum Gasteiger partial charge on any atom is -0.350 e. The number of hydrogen-bond acceptors (Lipinski definition) is 2. The normalized spacial score (nSPS) is 19.8. The van der Waals surface area contributed by atoms with Crippen LogP contribution in [0, 0.1) is 0 Å². The second kappa shape index (κ2) is 5.47. The molecule has 0 saturated carbocycles. The lowest BCUT2D eigenvalue weighted by atomic mass is 9.91. The Morgan fingerprint density at radius 2 is 1.57 bits per heavy atom. The lowest BCUT2D eigenvalue weighted by Crippen LogP contribution is -2.37. The van der Waals surface area contributed by atoms with Gasteiger partial charge in [0.05, 0.1) is 0 Å². The van der Waals surface area contributed by atoms with Crippen LogP contribution in [-0.4, -0.2) is 24.0 Å². The number of benzene rings is 2. The van der Waals surface area contributed by atoms with Gasteiger partial charge in [0, 0.05) is 30.4 Å². The quantitative estimate of drug-likeness (QED) is 0.752. The summed E-state index contributed by atoms with van der Waals surface area (Å²) in [6.45, 7) is 6.86. The van der Waals surface area contributed by atoms with Crippen molar-refractivity contribution < 1.29 is 0 Å². The van der Waals surface area contributed by atoms with Crippen LogP contribution in [0.3, 0.4) is 0 Å². The highest BCUT2D eigenvalue weighted by molar-refractivity contribution is 8.93. The second-order valence-corrected chi connectivity index (χ2v) is 6.00. The topological polar surface area (TPSA) is 6.48 Å². The molecule has 0 bridgehead atoms. The Labute approximate surface area is 137 Å². The van der Waals surface area contributed by atoms with Gasteiger partial charge in [-0.15, -0.1) is 17.0 Å². The van der Waals surface area contributed by atoms with Gasteiger partial charge in [-0.05, 0) is 31.0 Å². The number of fused-ring (bicyclic) bond motifs is 6. The molecule has 2 aromatic rings. The van der Waals surface area contributed by atoms with Crippen molar-refractivity contribution in [2.75, 3.05) is 18.0 Å². The molecule has 1 unspecified atom stereocenters. The highest BCUT2D eigenvalue weighted by atomic mass is 79.9. The SMILES string of the molecule is Br.CC(C)N1CCN2c3ccccc3-c3ccccc3C21. The van der Waals surface area contributed by atoms with E-state index < -0.39 is 0 Å². The molecule has 2 nitrogen and oxygen atoms in total. The highest BCUT2D eigenvalue weighted by Crippen LogP contribution is 2.48. The average molecular weight is 345 g/mol. The van der Waals surface area contributed by atoms with E-state index in [2.05, 4.69) is 72.2 Å². The van der Waals surface area contributed by atoms with Crippen molar-refractivity contribution in [2.24, 2.45) is 0 Å². The maximum absolute atomic E-state index is 2.61. The fourth-order valence-corrected chi connectivity index (χ4v) is 3.71. The fourth-order valence-electron chi connectivity index (χ4n) is 3.71. The van der Waals surface area contributed by atoms with Crippen LogP contribution < -0.4 is 4.90 Å². The molecule has 1 fully saturated rings. The van der Waals surface area contributed by atoms with E-state index in [0.717, 1.165) is 13.1 Å². The van der Waals surface area contributed by atoms with Crippen LogP contribution in [0.1, 0.15) is 25.6 Å². The third-order valence-corrected chi connectivity index (χ3v) is 4.61. The second-order valence-electron chi connectivity index (χ2n) is 6.00. The fraction of sp³-hybridized carbons (Fsp3) is 0.333. The summed E-state index contributed by atoms with van der Waals surface area (Å²) in [5.74, 6) is 0. The molecule has 1 saturated heterocycles. The molecule has 2 aliphatic rings. The van der Waals surface area contributed by atoms with Crippen molar-refractivity contribution in [2.45, 2.75) is 26.1 Å². The van der Waals surface area contributed by atoms with Gasteiger partial charge in [0.15, 0.2) is 0 Å². The molecule has 2 aliphatic heterocycles. The summed E-state index contributed by atoms with van der Waals surface area (Å²) in [5, 5.41) is 0. The van der Waals surface area contributed by atoms with Crippen molar-refractivity contribution in [1.29, 1.82) is 0 Å². The molecule has 0 N–H and O–H groups in total. The zero-order valence-electron chi connectivity index (χ0n) is 12.5. The van der Waals surface area contributed by atoms with Crippen LogP contribution >= 0.6 is 17.0 Å². The monoisotopic (exact) mass is 344 g/mol. The van der Waals surface area contributed by atoms with Gasteiger partial charge in [0.25, 0.3) is 0 Å². The van der Waals surface area contributed by atoms with E-state index in [0.29, 0.717) is 12.2 Å². The third-order valence-electron chi connectivity index (χ3n) is 4.61. The van der Waals surface area contributed by atoms with Crippen LogP contribution in [-0.2, 0) is 0 Å². The molecule has 21 heavy (non-hydrogen) atoms. The van der Waals surface area contributed by atoms with E-state index in [1.54, 1.807) is 0 Å². The molecular weight excluding hydrogens is 324 g/mol. The Morgan fingerprint density at radius 3 is 2.33 bits per heavy atom. The van der Waals surface area contributed by atoms with Crippen LogP contribution in [0.5, 0.6) is 0 Å². The zero-order chi connectivity index (χ0) is 13.7. The van der Waals surface area contributed by atoms with E-state index >= 15 is 0 Å². The molecule has 2 heterocycles. The molecule has 0 aliphatic carbocycles. The lowest BCUT2D eigenvalue weighted by molar-refractivity contribution is 0.206. The van der Waals surface area contributed by atoms with E-state index in [1.165, 1.54) is 22.4 Å². The van der Waals surface area contributed by atoms with Crippen LogP contribution in [0.25, 0.3) is 11.1 Å². The van der Waals surface area contributed by atoms with Crippen LogP contribution in [0.15, 0.2) is 48.5 Å². The number of rotatable bonds is 1. The smallest absolute Gasteiger partial charge is 0.109 e. The van der Waals surface area contributed by atoms with E-state index in [-0.39, 0.29) is 17.0 Å². The summed E-state index contributed by atoms with van der Waals surface area (Å²) in [5.41, 5.74) is 5.62. The summed E-state index contributed by atoms with van der Waals surface area (Å²) < 4.78 is 0. The molecule has 0 amide bonds. The Balaban J connectivity index is 0.00000132. The summed E-state index contributed by atoms with van der Waals surface area (Å²) in [7, 11) is 0. The van der Waals surface area contributed by atoms with Crippen LogP contribution in [0.2, 0.25) is 0 Å². The van der Waals surface area contributed by atoms with Gasteiger partial charge in [-0.25, -0.2) is 0 Å². The predicted molar refractivity (Wildman–Crippen MR) is 94.1 cm³/mol. The lowest BCUT2D eigenvalue weighted by Gasteiger charge is -2.39. The molecule has 1 atom stereocenters. The first-order valence-corrected chi connectivity index (χ1v) is 7.48. The van der Waals surface area contributed by atoms with Crippen LogP contribution in [0.4, 0.5) is 5.69 Å². The maximum atomic E-state index is 2.61. The summed E-state index contributed by atoms with van der Waals surface area (Å²) in [4.78, 5) is 5.17. The molecule has 4 rings (SSSR count). The standard InChI is InChI=1S/C18H20N2.BrH/c1-13(2)19-11-12-20-17-10-6-5-8-15(17)14-7-3-4-9-16(14)18(19)20;/h3-10,13,18H,11-12H2,1-2H3;1H. The van der Waals surface area contributed by atoms with Crippen molar-refractivity contribution >= 4 is 22.7 Å². The summed E-state index contributed by atoms with van der Waals surface area (Å²) >= 11 is 0. The number of para-hydroxylation sites is 1. The largest absolute Gasteiger partial charge is 0.350 e. The van der Waals surface area contributed by atoms with Crippen molar-refractivity contribution in [3.63, 3.8) is 0 Å². The van der Waals surface area contributed by atoms with Gasteiger partial charge < -0.3 is 4.90 Å². The third kappa shape index (κ3) is 2.11. The van der Waals surface area contributed by atoms with Gasteiger partial charge in [-0.1, -0.05) is 42.5 Å². The molecule has 0 spiro atoms. The first-order valence-electron chi connectivity index (χ1n) is 7.48. The number of hydrogen-bond donors (Lipinski definition) is 0. The minimum absolute atomic E-state index is 0. The molecule has 0 aromatic heterocycles. The number of halogens is 1. The first-order chi connectivity index (χ1) is 9.77. The average Bonchev–Trinajstić information content (AvgIpc) is 2.93. The predicted octanol–water partition coefficient (Wildman–Crippen LogP) is 4.47. The van der Waals surface area contributed by atoms with E-state index in [9.17, 15) is 0 Å². The van der Waals surface area contributed by atoms with Crippen molar-refractivity contribution in [3.8, 4) is 11.1 Å². The van der Waals surface area contributed by atoms with Gasteiger partial charge in [0.2, 0.25) is 0 Å². The van der Waals surface area contributed by atoms with Crippen molar-refractivity contribution in [3.05, 3.63) is 54.1 Å². The Morgan fingerprint density at radius 1 is 0.905 bits per heavy atom. The highest BCUT2D eigenvalue weighted by Gasteiger charge is 2.39. The van der Waals surface area contributed by atoms with Gasteiger partial charge in [-0.2, -0.15) is 0 Å². The summed E-state index contributed by atoms with van der Waals surface area (Å²) in [6.07, 6.45) is 0.404. The Bertz CT molecular complexity index is 653. The first kappa shape index (κ1) is 14.6. The molecule has 110 valence electrons. The molecule has 2 aromatic carbocycles. The van der Waals surface area contributed by atoms with Gasteiger partial charge in [0.1, 0.15) is 6.17 Å². The molecule has 3 heteroatoms. The minimum atomic E-state index is 0. The number of nitrogens with zero attached hydrogens (tertiary/aromatic N) is 2. The van der Waals surface area contributed by atoms with Crippen molar-refractivity contribution in [1.82, 2.24) is 4.90 Å². The number of anilines is 1. The maximum Gasteiger partial charge on any atom is 0.109 e. The zero-order valence-corrected chi connectivity index (χ0v) is 14.2.